The third-order valence-corrected chi connectivity index (χ3v) is 9.28. The summed E-state index contributed by atoms with van der Waals surface area (Å²) in [6, 6.07) is 0. The van der Waals surface area contributed by atoms with E-state index in [4.69, 9.17) is 9.47 Å². The van der Waals surface area contributed by atoms with Gasteiger partial charge in [0.05, 0.1) is 37.5 Å². The number of fused-ring (bicyclic) bond motifs is 1. The second-order valence-electron chi connectivity index (χ2n) is 8.29. The number of esters is 1. The summed E-state index contributed by atoms with van der Waals surface area (Å²) >= 11 is 1.14. The lowest BCUT2D eigenvalue weighted by Gasteiger charge is -2.31. The Morgan fingerprint density at radius 1 is 1.26 bits per heavy atom. The van der Waals surface area contributed by atoms with Crippen LogP contribution >= 0.6 is 11.3 Å². The number of likely N-dealkylation sites (tertiary alicyclic amines) is 1. The maximum atomic E-state index is 13.4. The summed E-state index contributed by atoms with van der Waals surface area (Å²) in [5.74, 6) is -1.05. The van der Waals surface area contributed by atoms with Crippen LogP contribution in [0.3, 0.4) is 0 Å². The first-order valence-electron chi connectivity index (χ1n) is 11.2. The number of carbonyl (C=O) groups excluding carboxylic acids is 2. The summed E-state index contributed by atoms with van der Waals surface area (Å²) in [4.78, 5) is 45.0. The molecule has 2 aliphatic rings. The monoisotopic (exact) mass is 512 g/mol. The normalized spacial score (nSPS) is 19.9. The number of hydrogen-bond donors (Lipinski definition) is 0. The van der Waals surface area contributed by atoms with Gasteiger partial charge in [-0.05, 0) is 26.7 Å². The molecule has 0 unspecified atom stereocenters. The Bertz CT molecular complexity index is 1250. The van der Waals surface area contributed by atoms with Gasteiger partial charge < -0.3 is 14.4 Å². The van der Waals surface area contributed by atoms with E-state index in [0.29, 0.717) is 42.3 Å². The number of aromatic nitrogens is 2. The number of rotatable bonds is 6. The molecule has 2 aliphatic heterocycles. The lowest BCUT2D eigenvalue weighted by molar-refractivity contribution is -0.151. The van der Waals surface area contributed by atoms with E-state index in [-0.39, 0.29) is 60.9 Å². The molecule has 2 saturated heterocycles. The lowest BCUT2D eigenvalue weighted by atomic mass is 9.98. The zero-order chi connectivity index (χ0) is 24.5. The molecule has 2 aromatic heterocycles. The van der Waals surface area contributed by atoms with Crippen LogP contribution in [0.15, 0.2) is 16.0 Å². The Morgan fingerprint density at radius 3 is 2.71 bits per heavy atom. The van der Waals surface area contributed by atoms with Crippen molar-refractivity contribution >= 4 is 43.5 Å². The average molecular weight is 513 g/mol. The highest BCUT2D eigenvalue weighted by Gasteiger charge is 2.33. The van der Waals surface area contributed by atoms with E-state index >= 15 is 0 Å². The van der Waals surface area contributed by atoms with Crippen molar-refractivity contribution in [3.05, 3.63) is 21.6 Å². The zero-order valence-electron chi connectivity index (χ0n) is 19.2. The summed E-state index contributed by atoms with van der Waals surface area (Å²) in [6.07, 6.45) is 2.58. The summed E-state index contributed by atoms with van der Waals surface area (Å²) < 4.78 is 39.5. The number of carbonyl (C=O) groups is 2. The third kappa shape index (κ3) is 4.74. The van der Waals surface area contributed by atoms with Crippen LogP contribution in [0.25, 0.3) is 10.2 Å². The minimum absolute atomic E-state index is 0.00679. The van der Waals surface area contributed by atoms with Gasteiger partial charge in [0.1, 0.15) is 16.3 Å². The van der Waals surface area contributed by atoms with E-state index < -0.39 is 15.6 Å². The molecule has 13 heteroatoms. The second kappa shape index (κ2) is 10.1. The van der Waals surface area contributed by atoms with Gasteiger partial charge in [-0.1, -0.05) is 0 Å². The van der Waals surface area contributed by atoms with Gasteiger partial charge in [-0.15, -0.1) is 11.3 Å². The summed E-state index contributed by atoms with van der Waals surface area (Å²) in [5.41, 5.74) is -0.575. The molecule has 0 saturated carbocycles. The molecular weight excluding hydrogens is 484 g/mol. The van der Waals surface area contributed by atoms with Gasteiger partial charge in [0.15, 0.2) is 0 Å². The number of hydrogen-bond acceptors (Lipinski definition) is 9. The van der Waals surface area contributed by atoms with Crippen LogP contribution in [-0.4, -0.2) is 85.1 Å². The number of ether oxygens (including phenoxy) is 2. The number of sulfonamides is 1. The van der Waals surface area contributed by atoms with Crippen LogP contribution in [0.5, 0.6) is 0 Å². The third-order valence-electron chi connectivity index (χ3n) is 6.07. The number of aryl methyl sites for hydroxylation is 1. The van der Waals surface area contributed by atoms with Crippen molar-refractivity contribution in [3.8, 4) is 0 Å². The van der Waals surface area contributed by atoms with Crippen molar-refractivity contribution < 1.29 is 27.5 Å². The van der Waals surface area contributed by atoms with Gasteiger partial charge >= 0.3 is 5.97 Å². The number of piperidine rings is 1. The molecule has 4 heterocycles. The number of amides is 1. The van der Waals surface area contributed by atoms with Gasteiger partial charge in [-0.2, -0.15) is 4.31 Å². The molecule has 4 rings (SSSR count). The standard InChI is InChI=1S/C21H28N4O7S2/c1-3-32-21(28)15-5-4-6-23(11-15)16(26)12-24-13-22-19-17(20(24)27)18(14(2)33-19)34(29,30)25-7-9-31-10-8-25/h13,15H,3-12H2,1-2H3/t15-/m1/s1. The molecule has 0 bridgehead atoms. The van der Waals surface area contributed by atoms with Crippen molar-refractivity contribution in [1.29, 1.82) is 0 Å². The predicted octanol–water partition coefficient (Wildman–Crippen LogP) is 0.589. The van der Waals surface area contributed by atoms with Crippen molar-refractivity contribution in [2.45, 2.75) is 38.1 Å². The predicted molar refractivity (Wildman–Crippen MR) is 124 cm³/mol. The fraction of sp³-hybridized carbons (Fsp3) is 0.619. The van der Waals surface area contributed by atoms with Gasteiger partial charge in [0.25, 0.3) is 5.56 Å². The fourth-order valence-electron chi connectivity index (χ4n) is 4.35. The Labute approximate surface area is 201 Å². The molecule has 1 amide bonds. The van der Waals surface area contributed by atoms with E-state index in [1.165, 1.54) is 10.6 Å². The molecule has 0 aromatic carbocycles. The van der Waals surface area contributed by atoms with Crippen molar-refractivity contribution in [2.24, 2.45) is 5.92 Å². The molecular formula is C21H28N4O7S2. The molecule has 34 heavy (non-hydrogen) atoms. The van der Waals surface area contributed by atoms with Crippen LogP contribution in [0.2, 0.25) is 0 Å². The van der Waals surface area contributed by atoms with Crippen molar-refractivity contribution in [1.82, 2.24) is 18.8 Å². The van der Waals surface area contributed by atoms with E-state index in [9.17, 15) is 22.8 Å². The maximum absolute atomic E-state index is 13.4. The van der Waals surface area contributed by atoms with Crippen LogP contribution in [0.4, 0.5) is 0 Å². The number of thiophene rings is 1. The lowest BCUT2D eigenvalue weighted by Crippen LogP contribution is -2.45. The van der Waals surface area contributed by atoms with Gasteiger partial charge in [0, 0.05) is 31.1 Å². The van der Waals surface area contributed by atoms with Crippen LogP contribution in [0.1, 0.15) is 24.6 Å². The first-order chi connectivity index (χ1) is 16.2. The average Bonchev–Trinajstić information content (AvgIpc) is 3.19. The highest BCUT2D eigenvalue weighted by molar-refractivity contribution is 7.89. The number of nitrogens with zero attached hydrogens (tertiary/aromatic N) is 4. The first-order valence-corrected chi connectivity index (χ1v) is 13.5. The first kappa shape index (κ1) is 24.8. The van der Waals surface area contributed by atoms with Gasteiger partial charge in [-0.25, -0.2) is 13.4 Å². The van der Waals surface area contributed by atoms with Crippen LogP contribution < -0.4 is 5.56 Å². The minimum Gasteiger partial charge on any atom is -0.466 e. The Balaban J connectivity index is 1.61. The second-order valence-corrected chi connectivity index (χ2v) is 11.4. The van der Waals surface area contributed by atoms with Crippen LogP contribution in [0, 0.1) is 12.8 Å². The molecule has 2 fully saturated rings. The Kier molecular flexibility index (Phi) is 7.36. The van der Waals surface area contributed by atoms with E-state index in [0.717, 1.165) is 15.9 Å². The highest BCUT2D eigenvalue weighted by Crippen LogP contribution is 2.33. The van der Waals surface area contributed by atoms with E-state index in [1.54, 1.807) is 18.7 Å². The largest absolute Gasteiger partial charge is 0.466 e. The number of morpholine rings is 1. The van der Waals surface area contributed by atoms with Crippen molar-refractivity contribution in [3.63, 3.8) is 0 Å². The highest BCUT2D eigenvalue weighted by atomic mass is 32.2. The minimum atomic E-state index is -3.92. The SMILES string of the molecule is CCOC(=O)[C@@H]1CCCN(C(=O)Cn2cnc3sc(C)c(S(=O)(=O)N4CCOCC4)c3c2=O)C1. The molecule has 1 atom stereocenters. The Hall–Kier alpha value is -2.35. The molecule has 186 valence electrons. The van der Waals surface area contributed by atoms with Crippen molar-refractivity contribution in [2.75, 3.05) is 46.0 Å². The molecule has 11 nitrogen and oxygen atoms in total. The molecule has 0 radical (unpaired) electrons. The summed E-state index contributed by atoms with van der Waals surface area (Å²) in [5, 5.41) is 0.00679. The summed E-state index contributed by atoms with van der Waals surface area (Å²) in [6.45, 7) is 5.09. The smallest absolute Gasteiger partial charge is 0.310 e. The molecule has 0 N–H and O–H groups in total. The van der Waals surface area contributed by atoms with Gasteiger partial charge in [-0.3, -0.25) is 19.0 Å². The zero-order valence-corrected chi connectivity index (χ0v) is 20.8. The van der Waals surface area contributed by atoms with Gasteiger partial charge in [0.2, 0.25) is 15.9 Å². The molecule has 0 spiro atoms. The topological polar surface area (TPSA) is 128 Å². The summed E-state index contributed by atoms with van der Waals surface area (Å²) in [7, 11) is -3.92. The van der Waals surface area contributed by atoms with E-state index in [1.807, 2.05) is 0 Å². The van der Waals surface area contributed by atoms with Crippen LogP contribution in [-0.2, 0) is 35.6 Å². The molecule has 0 aliphatic carbocycles. The maximum Gasteiger partial charge on any atom is 0.310 e. The molecule has 2 aromatic rings. The Morgan fingerprint density at radius 2 is 2.00 bits per heavy atom. The fourth-order valence-corrected chi connectivity index (χ4v) is 7.43. The van der Waals surface area contributed by atoms with E-state index in [2.05, 4.69) is 4.98 Å². The quantitative estimate of drug-likeness (QED) is 0.515.